The Bertz CT molecular complexity index is 997. The number of ketones is 1. The summed E-state index contributed by atoms with van der Waals surface area (Å²) in [5.74, 6) is 0.379. The van der Waals surface area contributed by atoms with E-state index >= 15 is 0 Å². The maximum Gasteiger partial charge on any atom is 0.209 e. The molecule has 0 atom stereocenters. The third kappa shape index (κ3) is 2.68. The molecule has 4 rings (SSSR count). The number of nitrogens with zero attached hydrogens (tertiary/aromatic N) is 4. The lowest BCUT2D eigenvalue weighted by molar-refractivity contribution is 0.102. The van der Waals surface area contributed by atoms with Crippen LogP contribution < -0.4 is 0 Å². The Morgan fingerprint density at radius 1 is 1.04 bits per heavy atom. The first-order chi connectivity index (χ1) is 11.3. The van der Waals surface area contributed by atoms with Crippen LogP contribution >= 0.6 is 11.8 Å². The van der Waals surface area contributed by atoms with E-state index in [9.17, 15) is 4.79 Å². The number of hydrogen-bond donors (Lipinski definition) is 0. The van der Waals surface area contributed by atoms with Crippen LogP contribution in [0, 0.1) is 0 Å². The molecule has 0 fully saturated rings. The van der Waals surface area contributed by atoms with E-state index in [0.717, 1.165) is 16.6 Å². The average Bonchev–Trinajstić information content (AvgIpc) is 3.04. The summed E-state index contributed by atoms with van der Waals surface area (Å²) in [5, 5.41) is 5.91. The predicted molar refractivity (Wildman–Crippen MR) is 89.8 cm³/mol. The minimum Gasteiger partial charge on any atom is -0.293 e. The van der Waals surface area contributed by atoms with Gasteiger partial charge in [0.2, 0.25) is 5.16 Å². The molecular formula is C17H12N4OS. The largest absolute Gasteiger partial charge is 0.293 e. The fraction of sp³-hybridized carbons (Fsp3) is 0.0588. The van der Waals surface area contributed by atoms with Gasteiger partial charge in [-0.2, -0.15) is 0 Å². The molecule has 2 heterocycles. The van der Waals surface area contributed by atoms with Crippen molar-refractivity contribution in [1.82, 2.24) is 19.6 Å². The maximum absolute atomic E-state index is 12.2. The zero-order valence-corrected chi connectivity index (χ0v) is 12.9. The third-order valence-corrected chi connectivity index (χ3v) is 4.33. The summed E-state index contributed by atoms with van der Waals surface area (Å²) in [6.07, 6.45) is 1.65. The van der Waals surface area contributed by atoms with Crippen molar-refractivity contribution in [2.45, 2.75) is 5.16 Å². The van der Waals surface area contributed by atoms with Gasteiger partial charge in [0.15, 0.2) is 11.4 Å². The number of rotatable bonds is 4. The molecule has 0 bridgehead atoms. The van der Waals surface area contributed by atoms with Crippen LogP contribution in [0.25, 0.3) is 16.6 Å². The van der Waals surface area contributed by atoms with Crippen LogP contribution in [0.5, 0.6) is 0 Å². The van der Waals surface area contributed by atoms with Gasteiger partial charge in [0.1, 0.15) is 6.33 Å². The second-order valence-electron chi connectivity index (χ2n) is 5.00. The van der Waals surface area contributed by atoms with E-state index in [0.29, 0.717) is 16.5 Å². The first-order valence-corrected chi connectivity index (χ1v) is 8.11. The number of thioether (sulfide) groups is 1. The minimum atomic E-state index is 0.0671. The van der Waals surface area contributed by atoms with Gasteiger partial charge in [-0.3, -0.25) is 4.79 Å². The van der Waals surface area contributed by atoms with Crippen molar-refractivity contribution < 1.29 is 4.79 Å². The van der Waals surface area contributed by atoms with Crippen molar-refractivity contribution in [1.29, 1.82) is 0 Å². The fourth-order valence-corrected chi connectivity index (χ4v) is 3.08. The van der Waals surface area contributed by atoms with Crippen LogP contribution in [-0.2, 0) is 0 Å². The summed E-state index contributed by atoms with van der Waals surface area (Å²) in [7, 11) is 0. The number of carbonyl (C=O) groups is 1. The van der Waals surface area contributed by atoms with Gasteiger partial charge in [-0.1, -0.05) is 54.2 Å². The molecule has 6 heteroatoms. The molecular weight excluding hydrogens is 308 g/mol. The number of carbonyl (C=O) groups excluding carboxylic acids is 1. The summed E-state index contributed by atoms with van der Waals surface area (Å²) >= 11 is 1.34. The van der Waals surface area contributed by atoms with Crippen molar-refractivity contribution >= 4 is 34.1 Å². The molecule has 0 amide bonds. The highest BCUT2D eigenvalue weighted by molar-refractivity contribution is 7.99. The van der Waals surface area contributed by atoms with Crippen LogP contribution in [0.2, 0.25) is 0 Å². The predicted octanol–water partition coefficient (Wildman–Crippen LogP) is 3.25. The lowest BCUT2D eigenvalue weighted by atomic mass is 10.2. The van der Waals surface area contributed by atoms with E-state index in [1.807, 2.05) is 54.6 Å². The van der Waals surface area contributed by atoms with E-state index in [4.69, 9.17) is 0 Å². The third-order valence-electron chi connectivity index (χ3n) is 3.49. The molecule has 4 aromatic rings. The molecule has 0 N–H and O–H groups in total. The van der Waals surface area contributed by atoms with E-state index in [2.05, 4.69) is 15.1 Å². The van der Waals surface area contributed by atoms with Crippen molar-refractivity contribution in [3.05, 3.63) is 66.5 Å². The van der Waals surface area contributed by atoms with Gasteiger partial charge in [0, 0.05) is 10.9 Å². The molecule has 2 aromatic heterocycles. The molecule has 0 aliphatic rings. The van der Waals surface area contributed by atoms with Gasteiger partial charge in [-0.15, -0.1) is 5.10 Å². The number of para-hydroxylation sites is 1. The molecule has 23 heavy (non-hydrogen) atoms. The van der Waals surface area contributed by atoms with Crippen molar-refractivity contribution in [2.24, 2.45) is 0 Å². The number of benzene rings is 2. The Balaban J connectivity index is 1.60. The lowest BCUT2D eigenvalue weighted by Crippen LogP contribution is -2.02. The summed E-state index contributed by atoms with van der Waals surface area (Å²) in [5.41, 5.74) is 2.34. The van der Waals surface area contributed by atoms with Gasteiger partial charge in [-0.25, -0.2) is 14.5 Å². The summed E-state index contributed by atoms with van der Waals surface area (Å²) < 4.78 is 1.65. The van der Waals surface area contributed by atoms with E-state index < -0.39 is 0 Å². The molecule has 0 saturated carbocycles. The molecule has 5 nitrogen and oxygen atoms in total. The van der Waals surface area contributed by atoms with Crippen LogP contribution in [0.1, 0.15) is 10.4 Å². The standard InChI is InChI=1S/C17H12N4OS/c22-15(12-6-2-1-3-7-12)10-23-17-19-16-13-8-4-5-9-14(13)18-11-21(16)20-17/h1-9,11H,10H2. The average molecular weight is 320 g/mol. The van der Waals surface area contributed by atoms with Crippen molar-refractivity contribution in [2.75, 3.05) is 5.75 Å². The molecule has 0 spiro atoms. The highest BCUT2D eigenvalue weighted by Crippen LogP contribution is 2.20. The SMILES string of the molecule is O=C(CSc1nc2c3ccccc3ncn2n1)c1ccccc1. The number of aromatic nitrogens is 4. The van der Waals surface area contributed by atoms with Crippen LogP contribution in [0.3, 0.4) is 0 Å². The maximum atomic E-state index is 12.2. The zero-order chi connectivity index (χ0) is 15.6. The topological polar surface area (TPSA) is 60.2 Å². The minimum absolute atomic E-state index is 0.0671. The van der Waals surface area contributed by atoms with Crippen LogP contribution in [0.4, 0.5) is 0 Å². The van der Waals surface area contributed by atoms with Crippen LogP contribution in [0.15, 0.2) is 66.1 Å². The number of fused-ring (bicyclic) bond motifs is 3. The van der Waals surface area contributed by atoms with Crippen molar-refractivity contribution in [3.8, 4) is 0 Å². The summed E-state index contributed by atoms with van der Waals surface area (Å²) in [6.45, 7) is 0. The Labute approximate surface area is 136 Å². The normalized spacial score (nSPS) is 11.1. The highest BCUT2D eigenvalue weighted by atomic mass is 32.2. The first-order valence-electron chi connectivity index (χ1n) is 7.12. The van der Waals surface area contributed by atoms with Gasteiger partial charge >= 0.3 is 0 Å². The summed E-state index contributed by atoms with van der Waals surface area (Å²) in [4.78, 5) is 21.0. The Kier molecular flexibility index (Phi) is 3.51. The van der Waals surface area contributed by atoms with E-state index in [1.54, 1.807) is 10.8 Å². The second kappa shape index (κ2) is 5.81. The molecule has 0 aliphatic carbocycles. The molecule has 2 aromatic carbocycles. The molecule has 0 saturated heterocycles. The molecule has 0 unspecified atom stereocenters. The monoisotopic (exact) mass is 320 g/mol. The first kappa shape index (κ1) is 13.9. The zero-order valence-electron chi connectivity index (χ0n) is 12.1. The van der Waals surface area contributed by atoms with Gasteiger partial charge in [0.25, 0.3) is 0 Å². The Hall–Kier alpha value is -2.73. The van der Waals surface area contributed by atoms with E-state index in [-0.39, 0.29) is 5.78 Å². The highest BCUT2D eigenvalue weighted by Gasteiger charge is 2.11. The van der Waals surface area contributed by atoms with Crippen molar-refractivity contribution in [3.63, 3.8) is 0 Å². The number of Topliss-reactive ketones (excluding diaryl/α,β-unsaturated/α-hetero) is 1. The van der Waals surface area contributed by atoms with Crippen LogP contribution in [-0.4, -0.2) is 31.1 Å². The number of hydrogen-bond acceptors (Lipinski definition) is 5. The summed E-state index contributed by atoms with van der Waals surface area (Å²) in [6, 6.07) is 17.0. The fourth-order valence-electron chi connectivity index (χ4n) is 2.36. The smallest absolute Gasteiger partial charge is 0.209 e. The van der Waals surface area contributed by atoms with Gasteiger partial charge in [-0.05, 0) is 12.1 Å². The molecule has 112 valence electrons. The Morgan fingerprint density at radius 2 is 1.83 bits per heavy atom. The van der Waals surface area contributed by atoms with Gasteiger partial charge < -0.3 is 0 Å². The molecule has 0 radical (unpaired) electrons. The molecule has 0 aliphatic heterocycles. The second-order valence-corrected chi connectivity index (χ2v) is 5.94. The van der Waals surface area contributed by atoms with E-state index in [1.165, 1.54) is 11.8 Å². The Morgan fingerprint density at radius 3 is 2.70 bits per heavy atom. The lowest BCUT2D eigenvalue weighted by Gasteiger charge is -1.97. The quantitative estimate of drug-likeness (QED) is 0.427. The van der Waals surface area contributed by atoms with Gasteiger partial charge in [0.05, 0.1) is 11.3 Å².